The molecule has 2 N–H and O–H groups in total. The third-order valence-electron chi connectivity index (χ3n) is 2.48. The van der Waals surface area contributed by atoms with Crippen LogP contribution in [-0.2, 0) is 12.4 Å². The molecule has 0 bridgehead atoms. The lowest BCUT2D eigenvalue weighted by Crippen LogP contribution is -2.17. The molecule has 0 spiro atoms. The SMILES string of the molecule is Cc1c(N)cc(C(F)(F)F)c(C)c1C(F)(F)F. The van der Waals surface area contributed by atoms with Gasteiger partial charge in [0.25, 0.3) is 0 Å². The summed E-state index contributed by atoms with van der Waals surface area (Å²) in [5.74, 6) is 0. The van der Waals surface area contributed by atoms with Crippen molar-refractivity contribution in [2.75, 3.05) is 5.73 Å². The number of nitrogens with two attached hydrogens (primary N) is 1. The van der Waals surface area contributed by atoms with Gasteiger partial charge in [-0.15, -0.1) is 0 Å². The fraction of sp³-hybridized carbons (Fsp3) is 0.400. The molecule has 7 heteroatoms. The van der Waals surface area contributed by atoms with E-state index >= 15 is 0 Å². The van der Waals surface area contributed by atoms with Gasteiger partial charge in [-0.3, -0.25) is 0 Å². The average Bonchev–Trinajstić information content (AvgIpc) is 2.07. The van der Waals surface area contributed by atoms with Gasteiger partial charge in [-0.1, -0.05) is 0 Å². The Morgan fingerprint density at radius 1 is 0.882 bits per heavy atom. The van der Waals surface area contributed by atoms with Crippen molar-refractivity contribution in [3.05, 3.63) is 28.3 Å². The number of hydrogen-bond donors (Lipinski definition) is 1. The van der Waals surface area contributed by atoms with Crippen LogP contribution in [0.3, 0.4) is 0 Å². The molecule has 0 amide bonds. The van der Waals surface area contributed by atoms with Crippen LogP contribution in [0.15, 0.2) is 6.07 Å². The molecule has 0 aromatic heterocycles. The second-order valence-electron chi connectivity index (χ2n) is 3.63. The average molecular weight is 257 g/mol. The van der Waals surface area contributed by atoms with E-state index in [0.717, 1.165) is 13.8 Å². The van der Waals surface area contributed by atoms with Crippen LogP contribution >= 0.6 is 0 Å². The van der Waals surface area contributed by atoms with Gasteiger partial charge in [0.15, 0.2) is 0 Å². The predicted molar refractivity (Wildman–Crippen MR) is 50.3 cm³/mol. The van der Waals surface area contributed by atoms with Crippen LogP contribution in [0.5, 0.6) is 0 Å². The molecule has 0 heterocycles. The Balaban J connectivity index is 3.67. The molecule has 0 atom stereocenters. The van der Waals surface area contributed by atoms with Crippen LogP contribution in [0.1, 0.15) is 22.3 Å². The van der Waals surface area contributed by atoms with E-state index in [1.54, 1.807) is 0 Å². The minimum absolute atomic E-state index is 0.386. The van der Waals surface area contributed by atoms with Crippen LogP contribution in [0.4, 0.5) is 32.0 Å². The Morgan fingerprint density at radius 2 is 1.35 bits per heavy atom. The normalized spacial score (nSPS) is 12.9. The Morgan fingerprint density at radius 3 is 1.71 bits per heavy atom. The molecule has 0 unspecified atom stereocenters. The molecule has 17 heavy (non-hydrogen) atoms. The molecule has 1 aromatic carbocycles. The Hall–Kier alpha value is -1.40. The fourth-order valence-electron chi connectivity index (χ4n) is 1.65. The summed E-state index contributed by atoms with van der Waals surface area (Å²) in [7, 11) is 0. The summed E-state index contributed by atoms with van der Waals surface area (Å²) >= 11 is 0. The minimum Gasteiger partial charge on any atom is -0.398 e. The zero-order chi connectivity index (χ0) is 13.6. The van der Waals surface area contributed by atoms with Crippen molar-refractivity contribution in [3.63, 3.8) is 0 Å². The van der Waals surface area contributed by atoms with E-state index in [4.69, 9.17) is 5.73 Å². The first-order valence-corrected chi connectivity index (χ1v) is 4.50. The first-order chi connectivity index (χ1) is 7.46. The molecule has 1 rings (SSSR count). The lowest BCUT2D eigenvalue weighted by atomic mass is 9.95. The zero-order valence-corrected chi connectivity index (χ0v) is 8.92. The van der Waals surface area contributed by atoms with E-state index in [1.807, 2.05) is 0 Å². The van der Waals surface area contributed by atoms with Crippen molar-refractivity contribution in [2.45, 2.75) is 26.2 Å². The zero-order valence-electron chi connectivity index (χ0n) is 8.92. The van der Waals surface area contributed by atoms with Crippen LogP contribution in [0.25, 0.3) is 0 Å². The number of alkyl halides is 6. The van der Waals surface area contributed by atoms with Gasteiger partial charge in [0.1, 0.15) is 0 Å². The molecule has 0 saturated heterocycles. The highest BCUT2D eigenvalue weighted by atomic mass is 19.4. The van der Waals surface area contributed by atoms with Gasteiger partial charge in [0.05, 0.1) is 11.1 Å². The summed E-state index contributed by atoms with van der Waals surface area (Å²) in [6.45, 7) is 1.84. The quantitative estimate of drug-likeness (QED) is 0.553. The van der Waals surface area contributed by atoms with Crippen molar-refractivity contribution < 1.29 is 26.3 Å². The molecule has 0 saturated carbocycles. The molecule has 0 aliphatic heterocycles. The van der Waals surface area contributed by atoms with Crippen molar-refractivity contribution in [1.29, 1.82) is 0 Å². The Bertz CT molecular complexity index is 444. The summed E-state index contributed by atoms with van der Waals surface area (Å²) in [5.41, 5.74) is 0.760. The van der Waals surface area contributed by atoms with E-state index in [-0.39, 0.29) is 5.56 Å². The minimum atomic E-state index is -4.86. The van der Waals surface area contributed by atoms with Crippen molar-refractivity contribution in [1.82, 2.24) is 0 Å². The number of anilines is 1. The number of benzene rings is 1. The molecule has 0 aliphatic carbocycles. The number of hydrogen-bond acceptors (Lipinski definition) is 1. The van der Waals surface area contributed by atoms with E-state index in [0.29, 0.717) is 6.07 Å². The summed E-state index contributed by atoms with van der Waals surface area (Å²) in [4.78, 5) is 0. The smallest absolute Gasteiger partial charge is 0.398 e. The van der Waals surface area contributed by atoms with Crippen molar-refractivity contribution >= 4 is 5.69 Å². The van der Waals surface area contributed by atoms with Crippen LogP contribution in [0.2, 0.25) is 0 Å². The first kappa shape index (κ1) is 13.7. The highest BCUT2D eigenvalue weighted by Crippen LogP contribution is 2.42. The van der Waals surface area contributed by atoms with E-state index in [9.17, 15) is 26.3 Å². The van der Waals surface area contributed by atoms with Gasteiger partial charge in [-0.2, -0.15) is 26.3 Å². The summed E-state index contributed by atoms with van der Waals surface area (Å²) in [6, 6.07) is 0.528. The summed E-state index contributed by atoms with van der Waals surface area (Å²) in [6.07, 6.45) is -9.71. The van der Waals surface area contributed by atoms with Crippen LogP contribution < -0.4 is 5.73 Å². The largest absolute Gasteiger partial charge is 0.417 e. The van der Waals surface area contributed by atoms with Gasteiger partial charge < -0.3 is 5.73 Å². The number of nitrogen functional groups attached to an aromatic ring is 1. The number of rotatable bonds is 0. The number of halogens is 6. The topological polar surface area (TPSA) is 26.0 Å². The van der Waals surface area contributed by atoms with Gasteiger partial charge in [-0.25, -0.2) is 0 Å². The Labute approximate surface area is 93.2 Å². The summed E-state index contributed by atoms with van der Waals surface area (Å²) < 4.78 is 75.4. The second kappa shape index (κ2) is 3.82. The molecule has 0 fully saturated rings. The lowest BCUT2D eigenvalue weighted by Gasteiger charge is -2.20. The maximum absolute atomic E-state index is 12.6. The molecule has 96 valence electrons. The standard InChI is InChI=1S/C10H9F6N/c1-4-6(9(11,12)13)3-7(17)5(2)8(4)10(14,15)16/h3H,17H2,1-2H3. The Kier molecular flexibility index (Phi) is 3.07. The van der Waals surface area contributed by atoms with Gasteiger partial charge >= 0.3 is 12.4 Å². The maximum Gasteiger partial charge on any atom is 0.417 e. The van der Waals surface area contributed by atoms with Gasteiger partial charge in [0, 0.05) is 5.69 Å². The molecular weight excluding hydrogens is 248 g/mol. The van der Waals surface area contributed by atoms with E-state index in [2.05, 4.69) is 0 Å². The van der Waals surface area contributed by atoms with Gasteiger partial charge in [-0.05, 0) is 31.0 Å². The van der Waals surface area contributed by atoms with Crippen molar-refractivity contribution in [2.24, 2.45) is 0 Å². The second-order valence-corrected chi connectivity index (χ2v) is 3.63. The van der Waals surface area contributed by atoms with Crippen molar-refractivity contribution in [3.8, 4) is 0 Å². The monoisotopic (exact) mass is 257 g/mol. The van der Waals surface area contributed by atoms with E-state index in [1.165, 1.54) is 0 Å². The molecule has 1 nitrogen and oxygen atoms in total. The van der Waals surface area contributed by atoms with Gasteiger partial charge in [0.2, 0.25) is 0 Å². The summed E-state index contributed by atoms with van der Waals surface area (Å²) in [5, 5.41) is 0. The molecule has 0 radical (unpaired) electrons. The molecule has 1 aromatic rings. The highest BCUT2D eigenvalue weighted by Gasteiger charge is 2.41. The molecule has 0 aliphatic rings. The first-order valence-electron chi connectivity index (χ1n) is 4.50. The van der Waals surface area contributed by atoms with Crippen LogP contribution in [0, 0.1) is 13.8 Å². The van der Waals surface area contributed by atoms with E-state index < -0.39 is 34.7 Å². The lowest BCUT2D eigenvalue weighted by molar-refractivity contribution is -0.144. The third kappa shape index (κ3) is 2.48. The fourth-order valence-corrected chi connectivity index (χ4v) is 1.65. The maximum atomic E-state index is 12.6. The highest BCUT2D eigenvalue weighted by molar-refractivity contribution is 5.58. The third-order valence-corrected chi connectivity index (χ3v) is 2.48. The predicted octanol–water partition coefficient (Wildman–Crippen LogP) is 3.92. The van der Waals surface area contributed by atoms with Crippen LogP contribution in [-0.4, -0.2) is 0 Å². The molecular formula is C10H9F6N.